The molecule has 1 fully saturated rings. The fourth-order valence-electron chi connectivity index (χ4n) is 3.76. The maximum Gasteiger partial charge on any atom is 0.238 e. The molecule has 1 saturated heterocycles. The van der Waals surface area contributed by atoms with Crippen molar-refractivity contribution in [1.82, 2.24) is 4.90 Å². The molecule has 0 saturated carbocycles. The molecule has 0 aliphatic carbocycles. The monoisotopic (exact) mass is 386 g/mol. The molecule has 0 aromatic heterocycles. The normalized spacial score (nSPS) is 19.1. The van der Waals surface area contributed by atoms with E-state index in [-0.39, 0.29) is 11.9 Å². The predicted molar refractivity (Wildman–Crippen MR) is 106 cm³/mol. The van der Waals surface area contributed by atoms with Crippen LogP contribution in [0.2, 0.25) is 5.02 Å². The van der Waals surface area contributed by atoms with E-state index in [1.54, 1.807) is 6.07 Å². The van der Waals surface area contributed by atoms with E-state index in [9.17, 15) is 4.79 Å². The molecule has 2 aliphatic rings. The number of rotatable bonds is 4. The van der Waals surface area contributed by atoms with Gasteiger partial charge in [-0.1, -0.05) is 23.7 Å². The van der Waals surface area contributed by atoms with Crippen LogP contribution in [0, 0.1) is 6.92 Å². The van der Waals surface area contributed by atoms with Crippen molar-refractivity contribution < 1.29 is 14.3 Å². The quantitative estimate of drug-likeness (QED) is 0.855. The van der Waals surface area contributed by atoms with Gasteiger partial charge in [0.05, 0.1) is 6.54 Å². The molecule has 1 amide bonds. The van der Waals surface area contributed by atoms with Crippen molar-refractivity contribution in [3.63, 3.8) is 0 Å². The number of benzene rings is 2. The number of fused-ring (bicyclic) bond motifs is 1. The van der Waals surface area contributed by atoms with Crippen LogP contribution in [-0.2, 0) is 4.79 Å². The van der Waals surface area contributed by atoms with Gasteiger partial charge in [0.15, 0.2) is 11.5 Å². The van der Waals surface area contributed by atoms with Gasteiger partial charge in [0, 0.05) is 16.8 Å². The topological polar surface area (TPSA) is 50.8 Å². The molecule has 2 aromatic carbocycles. The van der Waals surface area contributed by atoms with E-state index in [2.05, 4.69) is 22.3 Å². The Morgan fingerprint density at radius 3 is 2.85 bits per heavy atom. The summed E-state index contributed by atoms with van der Waals surface area (Å²) in [6, 6.07) is 11.8. The van der Waals surface area contributed by atoms with Crippen molar-refractivity contribution in [1.29, 1.82) is 0 Å². The maximum absolute atomic E-state index is 12.6. The summed E-state index contributed by atoms with van der Waals surface area (Å²) < 4.78 is 11.3. The van der Waals surface area contributed by atoms with Crippen molar-refractivity contribution in [2.24, 2.45) is 0 Å². The van der Waals surface area contributed by atoms with Crippen LogP contribution < -0.4 is 14.8 Å². The molecule has 4 rings (SSSR count). The highest BCUT2D eigenvalue weighted by molar-refractivity contribution is 6.31. The molecule has 27 heavy (non-hydrogen) atoms. The number of anilines is 1. The summed E-state index contributed by atoms with van der Waals surface area (Å²) in [6.45, 7) is 4.38. The van der Waals surface area contributed by atoms with E-state index in [1.165, 1.54) is 5.56 Å². The van der Waals surface area contributed by atoms with E-state index in [0.717, 1.165) is 42.1 Å². The van der Waals surface area contributed by atoms with Crippen LogP contribution >= 0.6 is 11.6 Å². The average molecular weight is 387 g/mol. The maximum atomic E-state index is 12.6. The van der Waals surface area contributed by atoms with Crippen molar-refractivity contribution in [3.8, 4) is 11.5 Å². The lowest BCUT2D eigenvalue weighted by Crippen LogP contribution is -2.33. The lowest BCUT2D eigenvalue weighted by Gasteiger charge is -2.26. The second-order valence-corrected chi connectivity index (χ2v) is 7.48. The molecule has 0 radical (unpaired) electrons. The first kappa shape index (κ1) is 18.1. The largest absolute Gasteiger partial charge is 0.486 e. The van der Waals surface area contributed by atoms with Crippen LogP contribution in [-0.4, -0.2) is 37.1 Å². The van der Waals surface area contributed by atoms with E-state index >= 15 is 0 Å². The summed E-state index contributed by atoms with van der Waals surface area (Å²) in [5, 5.41) is 3.61. The van der Waals surface area contributed by atoms with Crippen LogP contribution in [0.4, 0.5) is 5.69 Å². The van der Waals surface area contributed by atoms with Crippen LogP contribution in [0.25, 0.3) is 0 Å². The number of amides is 1. The average Bonchev–Trinajstić information content (AvgIpc) is 3.12. The van der Waals surface area contributed by atoms with Crippen LogP contribution in [0.15, 0.2) is 36.4 Å². The third-order valence-corrected chi connectivity index (χ3v) is 5.37. The highest BCUT2D eigenvalue weighted by atomic mass is 35.5. The number of carbonyl (C=O) groups is 1. The van der Waals surface area contributed by atoms with Gasteiger partial charge in [0.2, 0.25) is 5.91 Å². The molecule has 0 bridgehead atoms. The minimum absolute atomic E-state index is 0.0233. The zero-order valence-electron chi connectivity index (χ0n) is 15.3. The Hall–Kier alpha value is -2.24. The lowest BCUT2D eigenvalue weighted by atomic mass is 10.0. The first-order valence-electron chi connectivity index (χ1n) is 9.30. The van der Waals surface area contributed by atoms with Crippen LogP contribution in [0.1, 0.15) is 30.0 Å². The van der Waals surface area contributed by atoms with Gasteiger partial charge in [-0.05, 0) is 61.7 Å². The lowest BCUT2D eigenvalue weighted by molar-refractivity contribution is -0.117. The number of halogens is 1. The molecule has 5 nitrogen and oxygen atoms in total. The minimum Gasteiger partial charge on any atom is -0.486 e. The second-order valence-electron chi connectivity index (χ2n) is 7.04. The number of nitrogens with one attached hydrogen (secondary N) is 1. The fraction of sp³-hybridized carbons (Fsp3) is 0.381. The zero-order chi connectivity index (χ0) is 18.8. The zero-order valence-corrected chi connectivity index (χ0v) is 16.1. The molecule has 0 spiro atoms. The molecule has 0 unspecified atom stereocenters. The van der Waals surface area contributed by atoms with Gasteiger partial charge in [-0.2, -0.15) is 0 Å². The van der Waals surface area contributed by atoms with Crippen molar-refractivity contribution in [2.45, 2.75) is 25.8 Å². The summed E-state index contributed by atoms with van der Waals surface area (Å²) in [4.78, 5) is 14.8. The van der Waals surface area contributed by atoms with E-state index in [1.807, 2.05) is 25.1 Å². The first-order valence-corrected chi connectivity index (χ1v) is 9.67. The van der Waals surface area contributed by atoms with E-state index < -0.39 is 0 Å². The standard InChI is InChI=1S/C21H23ClN2O3/c1-14-4-6-16(22)12-17(14)23-21(25)13-24-8-2-3-18(24)15-5-7-19-20(11-15)27-10-9-26-19/h4-7,11-12,18H,2-3,8-10,13H2,1H3,(H,23,25)/t18-/m0/s1. The summed E-state index contributed by atoms with van der Waals surface area (Å²) in [5.74, 6) is 1.57. The highest BCUT2D eigenvalue weighted by Crippen LogP contribution is 2.38. The van der Waals surface area contributed by atoms with Crippen molar-refractivity contribution in [2.75, 3.05) is 31.6 Å². The molecule has 2 heterocycles. The number of hydrogen-bond donors (Lipinski definition) is 1. The van der Waals surface area contributed by atoms with Gasteiger partial charge in [-0.3, -0.25) is 9.69 Å². The number of nitrogens with zero attached hydrogens (tertiary/aromatic N) is 1. The van der Waals surface area contributed by atoms with Crippen LogP contribution in [0.3, 0.4) is 0 Å². The number of hydrogen-bond acceptors (Lipinski definition) is 4. The molecule has 6 heteroatoms. The fourth-order valence-corrected chi connectivity index (χ4v) is 3.94. The number of carbonyl (C=O) groups excluding carboxylic acids is 1. The Labute approximate surface area is 164 Å². The van der Waals surface area contributed by atoms with Gasteiger partial charge in [-0.15, -0.1) is 0 Å². The molecule has 142 valence electrons. The van der Waals surface area contributed by atoms with E-state index in [4.69, 9.17) is 21.1 Å². The van der Waals surface area contributed by atoms with Crippen LogP contribution in [0.5, 0.6) is 11.5 Å². The molecule has 1 atom stereocenters. The van der Waals surface area contributed by atoms with Crippen molar-refractivity contribution in [3.05, 3.63) is 52.5 Å². The minimum atomic E-state index is -0.0233. The van der Waals surface area contributed by atoms with Gasteiger partial charge < -0.3 is 14.8 Å². The Morgan fingerprint density at radius 2 is 2.00 bits per heavy atom. The van der Waals surface area contributed by atoms with Gasteiger partial charge in [-0.25, -0.2) is 0 Å². The number of aryl methyl sites for hydroxylation is 1. The summed E-state index contributed by atoms with van der Waals surface area (Å²) >= 11 is 6.05. The number of ether oxygens (including phenoxy) is 2. The van der Waals surface area contributed by atoms with E-state index in [0.29, 0.717) is 24.8 Å². The summed E-state index contributed by atoms with van der Waals surface area (Å²) in [6.07, 6.45) is 2.10. The Bertz CT molecular complexity index is 855. The highest BCUT2D eigenvalue weighted by Gasteiger charge is 2.28. The van der Waals surface area contributed by atoms with Crippen molar-refractivity contribution >= 4 is 23.2 Å². The molecule has 2 aromatic rings. The third kappa shape index (κ3) is 4.04. The first-order chi connectivity index (χ1) is 13.1. The molecule has 2 aliphatic heterocycles. The Balaban J connectivity index is 1.45. The predicted octanol–water partition coefficient (Wildman–Crippen LogP) is 4.20. The van der Waals surface area contributed by atoms with Gasteiger partial charge >= 0.3 is 0 Å². The third-order valence-electron chi connectivity index (χ3n) is 5.14. The molecular weight excluding hydrogens is 364 g/mol. The molecular formula is C21H23ClN2O3. The summed E-state index contributed by atoms with van der Waals surface area (Å²) in [7, 11) is 0. The SMILES string of the molecule is Cc1ccc(Cl)cc1NC(=O)CN1CCC[C@H]1c1ccc2c(c1)OCCO2. The Kier molecular flexibility index (Phi) is 5.23. The van der Waals surface area contributed by atoms with Gasteiger partial charge in [0.1, 0.15) is 13.2 Å². The van der Waals surface area contributed by atoms with Gasteiger partial charge in [0.25, 0.3) is 0 Å². The number of likely N-dealkylation sites (tertiary alicyclic amines) is 1. The second kappa shape index (κ2) is 7.79. The summed E-state index contributed by atoms with van der Waals surface area (Å²) in [5.41, 5.74) is 2.93. The molecule has 1 N–H and O–H groups in total. The Morgan fingerprint density at radius 1 is 1.19 bits per heavy atom. The smallest absolute Gasteiger partial charge is 0.238 e.